The largest absolute Gasteiger partial charge is 2.00 e. The summed E-state index contributed by atoms with van der Waals surface area (Å²) in [5.74, 6) is 0. The first kappa shape index (κ1) is 17.0. The van der Waals surface area contributed by atoms with Crippen LogP contribution in [0.1, 0.15) is 20.3 Å². The zero-order valence-electron chi connectivity index (χ0n) is 6.66. The Morgan fingerprint density at radius 3 is 1.60 bits per heavy atom. The maximum atomic E-state index is 9.19. The van der Waals surface area contributed by atoms with E-state index >= 15 is 0 Å². The van der Waals surface area contributed by atoms with Gasteiger partial charge in [0.15, 0.2) is 0 Å². The van der Waals surface area contributed by atoms with E-state index in [0.29, 0.717) is 6.26 Å². The van der Waals surface area contributed by atoms with Crippen LogP contribution in [0.5, 0.6) is 0 Å². The molecule has 0 aliphatic rings. The van der Waals surface area contributed by atoms with Gasteiger partial charge in [-0.25, -0.2) is 0 Å². The van der Waals surface area contributed by atoms with Gasteiger partial charge in [0, 0.05) is 0 Å². The second-order valence-corrected chi connectivity index (χ2v) is 3.02. The molecule has 0 amide bonds. The number of hydrogen-bond donors (Lipinski definition) is 1. The summed E-state index contributed by atoms with van der Waals surface area (Å²) in [7, 11) is -3.67. The maximum absolute atomic E-state index is 9.19. The van der Waals surface area contributed by atoms with E-state index in [-0.39, 0.29) is 23.1 Å². The molecular weight excluding hydrogens is 164 g/mol. The van der Waals surface area contributed by atoms with Crippen LogP contribution in [-0.2, 0) is 10.1 Å². The molecule has 0 aromatic heterocycles. The Balaban J connectivity index is -0.0000000910. The van der Waals surface area contributed by atoms with E-state index in [1.165, 1.54) is 6.42 Å². The molecule has 0 aliphatic carbocycles. The number of hydrogen-bond acceptors (Lipinski definition) is 2. The van der Waals surface area contributed by atoms with E-state index < -0.39 is 10.1 Å². The van der Waals surface area contributed by atoms with Crippen LogP contribution in [0.15, 0.2) is 0 Å². The molecule has 0 aliphatic heterocycles. The molecule has 1 N–H and O–H groups in total. The van der Waals surface area contributed by atoms with Crippen LogP contribution < -0.4 is 0 Å². The van der Waals surface area contributed by atoms with Crippen LogP contribution in [-0.4, -0.2) is 42.3 Å². The third-order valence-electron chi connectivity index (χ3n) is 0.408. The molecule has 0 bridgehead atoms. The van der Waals surface area contributed by atoms with E-state index in [1.54, 1.807) is 0 Å². The molecule has 0 atom stereocenters. The number of rotatable bonds is 1. The summed E-state index contributed by atoms with van der Waals surface area (Å²) in [6, 6.07) is 0. The summed E-state index contributed by atoms with van der Waals surface area (Å²) in [4.78, 5) is 0. The molecule has 0 aromatic carbocycles. The van der Waals surface area contributed by atoms with Crippen LogP contribution in [0.3, 0.4) is 0 Å². The van der Waals surface area contributed by atoms with Crippen molar-refractivity contribution in [3.8, 4) is 0 Å². The molecule has 0 rings (SSSR count). The van der Waals surface area contributed by atoms with Crippen LogP contribution in [0.25, 0.3) is 0 Å². The molecule has 0 fully saturated rings. The molecule has 0 saturated heterocycles. The second kappa shape index (κ2) is 9.68. The van der Waals surface area contributed by atoms with Crippen molar-refractivity contribution in [1.29, 1.82) is 0 Å². The van der Waals surface area contributed by atoms with Crippen molar-refractivity contribution in [3.05, 3.63) is 6.42 Å². The average Bonchev–Trinajstić information content (AvgIpc) is 1.61. The summed E-state index contributed by atoms with van der Waals surface area (Å²) in [6.07, 6.45) is 4.03. The van der Waals surface area contributed by atoms with Crippen LogP contribution in [0, 0.1) is 6.42 Å². The third-order valence-corrected chi connectivity index (χ3v) is 0.408. The minimum absolute atomic E-state index is 0. The van der Waals surface area contributed by atoms with Gasteiger partial charge >= 0.3 is 23.1 Å². The van der Waals surface area contributed by atoms with E-state index in [2.05, 4.69) is 20.3 Å². The average molecular weight is 178 g/mol. The molecule has 0 aromatic rings. The van der Waals surface area contributed by atoms with Gasteiger partial charge in [0.25, 0.3) is 10.1 Å². The molecular formula is C5H13MgO3S+. The first-order valence-corrected chi connectivity index (χ1v) is 4.47. The van der Waals surface area contributed by atoms with Gasteiger partial charge in [-0.2, -0.15) is 21.8 Å². The summed E-state index contributed by atoms with van der Waals surface area (Å²) in [6.45, 7) is 4.18. The smallest absolute Gasteiger partial charge is 0.332 e. The fraction of sp³-hybridized carbons (Fsp3) is 0.800. The van der Waals surface area contributed by atoms with Crippen LogP contribution >= 0.6 is 0 Å². The summed E-state index contributed by atoms with van der Waals surface area (Å²) in [5.41, 5.74) is 0. The van der Waals surface area contributed by atoms with Crippen LogP contribution in [0.2, 0.25) is 0 Å². The van der Waals surface area contributed by atoms with Crippen molar-refractivity contribution >= 4 is 33.2 Å². The predicted octanol–water partition coefficient (Wildman–Crippen LogP) is 0.744. The first-order valence-electron chi connectivity index (χ1n) is 2.62. The van der Waals surface area contributed by atoms with Crippen molar-refractivity contribution in [2.45, 2.75) is 20.3 Å². The van der Waals surface area contributed by atoms with Gasteiger partial charge in [-0.15, -0.1) is 0 Å². The predicted molar refractivity (Wildman–Crippen MR) is 43.5 cm³/mol. The second-order valence-electron chi connectivity index (χ2n) is 1.55. The minimum atomic E-state index is -3.67. The zero-order valence-corrected chi connectivity index (χ0v) is 8.89. The summed E-state index contributed by atoms with van der Waals surface area (Å²) >= 11 is 0. The van der Waals surface area contributed by atoms with Crippen molar-refractivity contribution in [2.24, 2.45) is 0 Å². The molecule has 58 valence electrons. The van der Waals surface area contributed by atoms with Gasteiger partial charge in [-0.1, -0.05) is 6.92 Å². The molecule has 0 spiro atoms. The topological polar surface area (TPSA) is 54.4 Å². The first-order chi connectivity index (χ1) is 3.91. The maximum Gasteiger partial charge on any atom is 2.00 e. The molecule has 0 saturated carbocycles. The van der Waals surface area contributed by atoms with E-state index in [0.717, 1.165) is 0 Å². The minimum Gasteiger partial charge on any atom is -0.332 e. The quantitative estimate of drug-likeness (QED) is 0.365. The van der Waals surface area contributed by atoms with Crippen molar-refractivity contribution in [3.63, 3.8) is 0 Å². The van der Waals surface area contributed by atoms with Gasteiger partial charge in [0.2, 0.25) is 0 Å². The monoisotopic (exact) mass is 177 g/mol. The molecule has 5 heteroatoms. The number of unbranched alkanes of at least 4 members (excludes halogenated alkanes) is 1. The zero-order chi connectivity index (χ0) is 7.91. The third kappa shape index (κ3) is 182. The van der Waals surface area contributed by atoms with Gasteiger partial charge in [-0.3, -0.25) is 4.55 Å². The SMILES string of the molecule is CS(=O)(=O)O.C[CH-]CC.[Mg+2]. The Hall–Kier alpha value is 0.676. The molecule has 0 unspecified atom stereocenters. The molecule has 3 nitrogen and oxygen atoms in total. The standard InChI is InChI=1S/C4H9.CH4O3S.Mg/c1-3-4-2;1-5(2,3)4;/h3H,4H2,1-2H3;1H3,(H,2,3,4);/q-1;;+2. The van der Waals surface area contributed by atoms with E-state index in [4.69, 9.17) is 4.55 Å². The Morgan fingerprint density at radius 2 is 1.60 bits per heavy atom. The summed E-state index contributed by atoms with van der Waals surface area (Å²) < 4.78 is 25.9. The molecule has 0 radical (unpaired) electrons. The molecule has 10 heavy (non-hydrogen) atoms. The normalized spacial score (nSPS) is 8.80. The van der Waals surface area contributed by atoms with Gasteiger partial charge in [-0.05, 0) is 0 Å². The Morgan fingerprint density at radius 1 is 1.50 bits per heavy atom. The van der Waals surface area contributed by atoms with Crippen molar-refractivity contribution < 1.29 is 13.0 Å². The fourth-order valence-electron chi connectivity index (χ4n) is 0. The van der Waals surface area contributed by atoms with Gasteiger partial charge in [0.1, 0.15) is 0 Å². The van der Waals surface area contributed by atoms with E-state index in [1.807, 2.05) is 0 Å². The van der Waals surface area contributed by atoms with Gasteiger partial charge in [0.05, 0.1) is 6.26 Å². The van der Waals surface area contributed by atoms with E-state index in [9.17, 15) is 8.42 Å². The van der Waals surface area contributed by atoms with Crippen LogP contribution in [0.4, 0.5) is 0 Å². The molecule has 0 heterocycles. The van der Waals surface area contributed by atoms with Gasteiger partial charge < -0.3 is 6.42 Å². The van der Waals surface area contributed by atoms with Crippen molar-refractivity contribution in [2.75, 3.05) is 6.26 Å². The summed E-state index contributed by atoms with van der Waals surface area (Å²) in [5, 5.41) is 0. The Kier molecular flexibility index (Phi) is 16.4. The van der Waals surface area contributed by atoms with Crippen molar-refractivity contribution in [1.82, 2.24) is 0 Å². The fourth-order valence-corrected chi connectivity index (χ4v) is 0. The Labute approximate surface area is 79.1 Å². The Bertz CT molecular complexity index is 120.